The standard InChI is InChI=1S/C13H12FNO5/c1-18-10-3-9(14)6(2-7(10)13(16)17)12-8-4-19-5-11(8)20-15-12/h2-3,8,11H,4-5H2,1H3,(H,16,17). The number of carboxylic acids is 1. The molecule has 2 atom stereocenters. The van der Waals surface area contributed by atoms with Crippen molar-refractivity contribution in [1.82, 2.24) is 0 Å². The predicted octanol–water partition coefficient (Wildman–Crippen LogP) is 1.28. The number of halogens is 1. The molecule has 0 bridgehead atoms. The second-order valence-corrected chi connectivity index (χ2v) is 4.60. The molecular weight excluding hydrogens is 269 g/mol. The Morgan fingerprint density at radius 1 is 1.50 bits per heavy atom. The highest BCUT2D eigenvalue weighted by Crippen LogP contribution is 2.31. The van der Waals surface area contributed by atoms with Crippen LogP contribution < -0.4 is 4.74 Å². The summed E-state index contributed by atoms with van der Waals surface area (Å²) in [6.07, 6.45) is -0.222. The number of carbonyl (C=O) groups is 1. The third-order valence-electron chi connectivity index (χ3n) is 3.46. The second-order valence-electron chi connectivity index (χ2n) is 4.60. The number of oxime groups is 1. The van der Waals surface area contributed by atoms with E-state index in [9.17, 15) is 9.18 Å². The van der Waals surface area contributed by atoms with Crippen molar-refractivity contribution in [2.45, 2.75) is 6.10 Å². The quantitative estimate of drug-likeness (QED) is 0.903. The van der Waals surface area contributed by atoms with Gasteiger partial charge in [-0.25, -0.2) is 9.18 Å². The summed E-state index contributed by atoms with van der Waals surface area (Å²) in [7, 11) is 1.29. The first-order chi connectivity index (χ1) is 9.61. The Kier molecular flexibility index (Phi) is 3.06. The molecule has 1 aromatic rings. The number of ether oxygens (including phenoxy) is 2. The largest absolute Gasteiger partial charge is 0.496 e. The van der Waals surface area contributed by atoms with Gasteiger partial charge in [-0.2, -0.15) is 0 Å². The Hall–Kier alpha value is -2.15. The van der Waals surface area contributed by atoms with Crippen molar-refractivity contribution < 1.29 is 28.6 Å². The smallest absolute Gasteiger partial charge is 0.339 e. The van der Waals surface area contributed by atoms with Crippen LogP contribution in [0.5, 0.6) is 5.75 Å². The molecule has 6 nitrogen and oxygen atoms in total. The fraction of sp³-hybridized carbons (Fsp3) is 0.385. The number of methoxy groups -OCH3 is 1. The molecular formula is C13H12FNO5. The van der Waals surface area contributed by atoms with Gasteiger partial charge < -0.3 is 19.4 Å². The molecule has 7 heteroatoms. The first-order valence-electron chi connectivity index (χ1n) is 6.04. The number of carboxylic acid groups (broad SMARTS) is 1. The number of hydrogen-bond donors (Lipinski definition) is 1. The van der Waals surface area contributed by atoms with Gasteiger partial charge in [-0.15, -0.1) is 0 Å². The average Bonchev–Trinajstić information content (AvgIpc) is 3.01. The van der Waals surface area contributed by atoms with E-state index < -0.39 is 11.8 Å². The van der Waals surface area contributed by atoms with Gasteiger partial charge in [-0.3, -0.25) is 0 Å². The molecule has 20 heavy (non-hydrogen) atoms. The molecule has 0 aliphatic carbocycles. The maximum absolute atomic E-state index is 14.1. The number of aromatic carboxylic acids is 1. The normalized spacial score (nSPS) is 24.0. The molecule has 1 saturated heterocycles. The average molecular weight is 281 g/mol. The highest BCUT2D eigenvalue weighted by Gasteiger charge is 2.41. The molecule has 2 unspecified atom stereocenters. The zero-order chi connectivity index (χ0) is 14.3. The van der Waals surface area contributed by atoms with Crippen molar-refractivity contribution >= 4 is 11.7 Å². The minimum absolute atomic E-state index is 0.0301. The molecule has 0 radical (unpaired) electrons. The van der Waals surface area contributed by atoms with Crippen LogP contribution in [0.2, 0.25) is 0 Å². The fourth-order valence-corrected chi connectivity index (χ4v) is 2.42. The van der Waals surface area contributed by atoms with E-state index in [0.717, 1.165) is 6.07 Å². The summed E-state index contributed by atoms with van der Waals surface area (Å²) < 4.78 is 24.3. The Morgan fingerprint density at radius 2 is 2.30 bits per heavy atom. The van der Waals surface area contributed by atoms with Crippen molar-refractivity contribution in [1.29, 1.82) is 0 Å². The molecule has 0 spiro atoms. The topological polar surface area (TPSA) is 77.3 Å². The summed E-state index contributed by atoms with van der Waals surface area (Å²) in [6, 6.07) is 2.27. The van der Waals surface area contributed by atoms with Gasteiger partial charge in [0.1, 0.15) is 17.1 Å². The Morgan fingerprint density at radius 3 is 3.00 bits per heavy atom. The van der Waals surface area contributed by atoms with Crippen molar-refractivity contribution in [3.05, 3.63) is 29.1 Å². The van der Waals surface area contributed by atoms with Gasteiger partial charge in [-0.05, 0) is 6.07 Å². The minimum atomic E-state index is -1.19. The molecule has 0 amide bonds. The van der Waals surface area contributed by atoms with Crippen LogP contribution in [0.15, 0.2) is 17.3 Å². The first-order valence-corrected chi connectivity index (χ1v) is 6.04. The molecule has 2 aliphatic heterocycles. The zero-order valence-corrected chi connectivity index (χ0v) is 10.6. The van der Waals surface area contributed by atoms with Crippen LogP contribution in [0.1, 0.15) is 15.9 Å². The van der Waals surface area contributed by atoms with Crippen molar-refractivity contribution in [3.63, 3.8) is 0 Å². The number of nitrogens with zero attached hydrogens (tertiary/aromatic N) is 1. The van der Waals surface area contributed by atoms with Crippen molar-refractivity contribution in [2.75, 3.05) is 20.3 Å². The van der Waals surface area contributed by atoms with Crippen LogP contribution in [0, 0.1) is 11.7 Å². The molecule has 1 fully saturated rings. The van der Waals surface area contributed by atoms with Gasteiger partial charge in [0.25, 0.3) is 0 Å². The number of fused-ring (bicyclic) bond motifs is 1. The monoisotopic (exact) mass is 281 g/mol. The van der Waals surface area contributed by atoms with Crippen LogP contribution in [-0.2, 0) is 9.57 Å². The first kappa shape index (κ1) is 12.9. The molecule has 3 rings (SSSR count). The summed E-state index contributed by atoms with van der Waals surface area (Å²) in [5, 5.41) is 13.0. The van der Waals surface area contributed by atoms with E-state index in [2.05, 4.69) is 5.16 Å². The molecule has 1 aromatic carbocycles. The van der Waals surface area contributed by atoms with Crippen molar-refractivity contribution in [2.24, 2.45) is 11.1 Å². The van der Waals surface area contributed by atoms with Crippen LogP contribution in [0.3, 0.4) is 0 Å². The summed E-state index contributed by atoms with van der Waals surface area (Å²) in [6.45, 7) is 0.790. The van der Waals surface area contributed by atoms with E-state index in [1.54, 1.807) is 0 Å². The fourth-order valence-electron chi connectivity index (χ4n) is 2.42. The molecule has 2 heterocycles. The van der Waals surface area contributed by atoms with Crippen molar-refractivity contribution in [3.8, 4) is 5.75 Å². The lowest BCUT2D eigenvalue weighted by molar-refractivity contribution is 0.0558. The minimum Gasteiger partial charge on any atom is -0.496 e. The van der Waals surface area contributed by atoms with E-state index in [4.69, 9.17) is 19.4 Å². The van der Waals surface area contributed by atoms with E-state index >= 15 is 0 Å². The lowest BCUT2D eigenvalue weighted by atomic mass is 9.93. The highest BCUT2D eigenvalue weighted by atomic mass is 19.1. The second kappa shape index (κ2) is 4.75. The number of benzene rings is 1. The van der Waals surface area contributed by atoms with Gasteiger partial charge in [0.15, 0.2) is 6.10 Å². The van der Waals surface area contributed by atoms with E-state index in [1.807, 2.05) is 0 Å². The third-order valence-corrected chi connectivity index (χ3v) is 3.46. The third kappa shape index (κ3) is 1.90. The Balaban J connectivity index is 2.06. The van der Waals surface area contributed by atoms with Gasteiger partial charge in [0.05, 0.1) is 32.0 Å². The van der Waals surface area contributed by atoms with E-state index in [-0.39, 0.29) is 28.9 Å². The SMILES string of the molecule is COc1cc(F)c(C2=NOC3COCC23)cc1C(=O)O. The highest BCUT2D eigenvalue weighted by molar-refractivity contribution is 6.05. The summed E-state index contributed by atoms with van der Waals surface area (Å²) in [5.74, 6) is -1.99. The Bertz CT molecular complexity index is 601. The maximum atomic E-state index is 14.1. The molecule has 0 saturated carbocycles. The summed E-state index contributed by atoms with van der Waals surface area (Å²) in [5.41, 5.74) is 0.380. The van der Waals surface area contributed by atoms with E-state index in [1.165, 1.54) is 13.2 Å². The maximum Gasteiger partial charge on any atom is 0.339 e. The number of hydrogen-bond acceptors (Lipinski definition) is 5. The molecule has 106 valence electrons. The van der Waals surface area contributed by atoms with Crippen LogP contribution >= 0.6 is 0 Å². The molecule has 2 aliphatic rings. The van der Waals surface area contributed by atoms with E-state index in [0.29, 0.717) is 18.9 Å². The summed E-state index contributed by atoms with van der Waals surface area (Å²) in [4.78, 5) is 16.4. The molecule has 1 N–H and O–H groups in total. The Labute approximate surface area is 113 Å². The van der Waals surface area contributed by atoms with Crippen LogP contribution in [0.4, 0.5) is 4.39 Å². The van der Waals surface area contributed by atoms with Crippen LogP contribution in [0.25, 0.3) is 0 Å². The predicted molar refractivity (Wildman–Crippen MR) is 65.6 cm³/mol. The van der Waals surface area contributed by atoms with Crippen LogP contribution in [-0.4, -0.2) is 43.2 Å². The zero-order valence-electron chi connectivity index (χ0n) is 10.6. The molecule has 0 aromatic heterocycles. The van der Waals surface area contributed by atoms with Gasteiger partial charge in [0, 0.05) is 11.6 Å². The lowest BCUT2D eigenvalue weighted by Gasteiger charge is -2.11. The number of rotatable bonds is 3. The van der Waals surface area contributed by atoms with Gasteiger partial charge in [-0.1, -0.05) is 5.16 Å². The summed E-state index contributed by atoms with van der Waals surface area (Å²) >= 11 is 0. The van der Waals surface area contributed by atoms with Gasteiger partial charge >= 0.3 is 5.97 Å². The van der Waals surface area contributed by atoms with Gasteiger partial charge in [0.2, 0.25) is 0 Å². The lowest BCUT2D eigenvalue weighted by Crippen LogP contribution is -2.23.